The Balaban J connectivity index is 1.82. The summed E-state index contributed by atoms with van der Waals surface area (Å²) in [7, 11) is 1.56. The van der Waals surface area contributed by atoms with Crippen LogP contribution < -0.4 is 38.9 Å². The highest BCUT2D eigenvalue weighted by Crippen LogP contribution is 2.36. The molecular weight excluding hydrogens is 596 g/mol. The smallest absolute Gasteiger partial charge is 0.249 e. The number of likely N-dealkylation sites (N-methyl/N-ethyl adjacent to an activating group) is 1. The fraction of sp³-hybridized carbons (Fsp3) is 0.852. The molecule has 0 radical (unpaired) electrons. The second-order valence-electron chi connectivity index (χ2n) is 12.2. The number of nitrogens with two attached hydrogens (primary N) is 4. The van der Waals surface area contributed by atoms with Crippen molar-refractivity contribution in [2.75, 3.05) is 39.9 Å². The number of amides is 1. The lowest BCUT2D eigenvalue weighted by Gasteiger charge is -2.50. The van der Waals surface area contributed by atoms with Crippen molar-refractivity contribution < 1.29 is 49.6 Å². The maximum absolute atomic E-state index is 13.0. The number of carbonyl (C=O) groups is 1. The first-order chi connectivity index (χ1) is 21.2. The van der Waals surface area contributed by atoms with E-state index in [1.807, 2.05) is 0 Å². The van der Waals surface area contributed by atoms with E-state index in [1.165, 1.54) is 6.92 Å². The van der Waals surface area contributed by atoms with Gasteiger partial charge in [-0.3, -0.25) is 9.79 Å². The zero-order valence-corrected chi connectivity index (χ0v) is 25.7. The van der Waals surface area contributed by atoms with Crippen LogP contribution >= 0.6 is 0 Å². The van der Waals surface area contributed by atoms with E-state index in [2.05, 4.69) is 20.9 Å². The Bertz CT molecular complexity index is 1020. The van der Waals surface area contributed by atoms with Crippen molar-refractivity contribution in [3.8, 4) is 0 Å². The molecule has 3 aliphatic rings. The Morgan fingerprint density at radius 1 is 1.22 bits per heavy atom. The SMILES string of the molecule is CNC1C(O)C(OC2C(NC(=O)C(O)CCN=C(N)N)CC(N)C(C3OC(CNCC(O)CO)=CCC3N)C2O)OCC1(C)O. The third kappa shape index (κ3) is 9.66. The first-order valence-corrected chi connectivity index (χ1v) is 15.1. The van der Waals surface area contributed by atoms with Gasteiger partial charge in [0.05, 0.1) is 44.1 Å². The minimum absolute atomic E-state index is 0.000253. The molecule has 2 fully saturated rings. The minimum Gasteiger partial charge on any atom is -0.492 e. The standard InChI is InChI=1S/C27H52N8O10/c1-27(42)11-43-25(20(40)23(27)32-2)45-22-16(35-24(41)17(38)5-6-34-26(30)31)7-15(29)18(19(22)39)21-14(28)4-3-13(44-21)9-33-8-12(37)10-36/h3,12,14-23,25,32-33,36-40,42H,4-11,28-29H2,1-2H3,(H,35,41)(H4,30,31,34). The summed E-state index contributed by atoms with van der Waals surface area (Å²) in [6.07, 6.45) is -6.33. The Hall–Kier alpha value is -2.20. The lowest BCUT2D eigenvalue weighted by atomic mass is 9.72. The summed E-state index contributed by atoms with van der Waals surface area (Å²) >= 11 is 0. The van der Waals surface area contributed by atoms with Crippen LogP contribution in [-0.4, -0.2) is 155 Å². The number of ether oxygens (including phenoxy) is 3. The van der Waals surface area contributed by atoms with Crippen molar-refractivity contribution >= 4 is 11.9 Å². The van der Waals surface area contributed by atoms with E-state index in [4.69, 9.17) is 42.3 Å². The molecule has 18 heteroatoms. The highest BCUT2D eigenvalue weighted by Gasteiger charge is 2.53. The van der Waals surface area contributed by atoms with Crippen molar-refractivity contribution in [2.45, 2.75) is 98.9 Å². The maximum Gasteiger partial charge on any atom is 0.249 e. The van der Waals surface area contributed by atoms with Gasteiger partial charge in [-0.05, 0) is 32.9 Å². The van der Waals surface area contributed by atoms with Gasteiger partial charge in [-0.2, -0.15) is 0 Å². The van der Waals surface area contributed by atoms with Gasteiger partial charge < -0.3 is 83.7 Å². The van der Waals surface area contributed by atoms with Gasteiger partial charge >= 0.3 is 0 Å². The topological polar surface area (TPSA) is 319 Å². The van der Waals surface area contributed by atoms with Crippen LogP contribution in [0.2, 0.25) is 0 Å². The second-order valence-corrected chi connectivity index (χ2v) is 12.2. The number of aliphatic hydroxyl groups excluding tert-OH is 5. The first-order valence-electron chi connectivity index (χ1n) is 15.1. The Morgan fingerprint density at radius 3 is 2.58 bits per heavy atom. The number of hydrogen-bond acceptors (Lipinski definition) is 15. The Kier molecular flexibility index (Phi) is 13.7. The van der Waals surface area contributed by atoms with Gasteiger partial charge in [0.25, 0.3) is 0 Å². The van der Waals surface area contributed by atoms with Crippen LogP contribution in [0.4, 0.5) is 0 Å². The number of carbonyl (C=O) groups excluding carboxylic acids is 1. The highest BCUT2D eigenvalue weighted by molar-refractivity contribution is 5.81. The van der Waals surface area contributed by atoms with E-state index >= 15 is 0 Å². The molecule has 1 saturated carbocycles. The summed E-state index contributed by atoms with van der Waals surface area (Å²) in [5.41, 5.74) is 22.2. The molecule has 1 amide bonds. The number of aliphatic imine (C=N–C) groups is 1. The number of hydrogen-bond donors (Lipinski definition) is 13. The zero-order valence-electron chi connectivity index (χ0n) is 25.7. The monoisotopic (exact) mass is 648 g/mol. The molecule has 1 aliphatic carbocycles. The van der Waals surface area contributed by atoms with E-state index in [1.54, 1.807) is 13.1 Å². The summed E-state index contributed by atoms with van der Waals surface area (Å²) in [5, 5.41) is 71.2. The van der Waals surface area contributed by atoms with Crippen molar-refractivity contribution in [3.63, 3.8) is 0 Å². The van der Waals surface area contributed by atoms with Gasteiger partial charge in [0.2, 0.25) is 5.91 Å². The number of nitrogens with zero attached hydrogens (tertiary/aromatic N) is 1. The minimum atomic E-state index is -1.49. The molecule has 2 aliphatic heterocycles. The average Bonchev–Trinajstić information content (AvgIpc) is 2.97. The number of aliphatic hydroxyl groups is 6. The number of rotatable bonds is 14. The average molecular weight is 649 g/mol. The van der Waals surface area contributed by atoms with Gasteiger partial charge in [-0.25, -0.2) is 0 Å². The van der Waals surface area contributed by atoms with Crippen molar-refractivity contribution in [1.82, 2.24) is 16.0 Å². The molecular formula is C27H52N8O10. The molecule has 0 aromatic carbocycles. The largest absolute Gasteiger partial charge is 0.492 e. The van der Waals surface area contributed by atoms with Gasteiger partial charge in [0.1, 0.15) is 35.8 Å². The number of guanidine groups is 1. The molecule has 13 unspecified atom stereocenters. The lowest BCUT2D eigenvalue weighted by molar-refractivity contribution is -0.297. The lowest BCUT2D eigenvalue weighted by Crippen LogP contribution is -2.69. The zero-order chi connectivity index (χ0) is 33.5. The molecule has 2 heterocycles. The van der Waals surface area contributed by atoms with Crippen LogP contribution in [0.3, 0.4) is 0 Å². The predicted molar refractivity (Wildman–Crippen MR) is 161 cm³/mol. The molecule has 13 atom stereocenters. The van der Waals surface area contributed by atoms with E-state index in [9.17, 15) is 30.3 Å². The molecule has 1 saturated heterocycles. The summed E-state index contributed by atoms with van der Waals surface area (Å²) in [4.78, 5) is 16.7. The van der Waals surface area contributed by atoms with Crippen LogP contribution in [-0.2, 0) is 19.0 Å². The fourth-order valence-corrected chi connectivity index (χ4v) is 6.11. The molecule has 260 valence electrons. The van der Waals surface area contributed by atoms with Crippen molar-refractivity contribution in [3.05, 3.63) is 11.8 Å². The van der Waals surface area contributed by atoms with Gasteiger partial charge in [-0.15, -0.1) is 0 Å². The summed E-state index contributed by atoms with van der Waals surface area (Å²) in [5.74, 6) is -1.26. The van der Waals surface area contributed by atoms with Crippen molar-refractivity contribution in [2.24, 2.45) is 33.8 Å². The first kappa shape index (κ1) is 37.3. The van der Waals surface area contributed by atoms with Gasteiger partial charge in [-0.1, -0.05) is 0 Å². The third-order valence-electron chi connectivity index (χ3n) is 8.50. The highest BCUT2D eigenvalue weighted by atomic mass is 16.7. The van der Waals surface area contributed by atoms with E-state index < -0.39 is 91.1 Å². The molecule has 45 heavy (non-hydrogen) atoms. The summed E-state index contributed by atoms with van der Waals surface area (Å²) in [6.45, 7) is 1.25. The third-order valence-corrected chi connectivity index (χ3v) is 8.50. The molecule has 18 nitrogen and oxygen atoms in total. The van der Waals surface area contributed by atoms with Gasteiger partial charge in [0, 0.05) is 37.5 Å². The predicted octanol–water partition coefficient (Wildman–Crippen LogP) is -6.41. The van der Waals surface area contributed by atoms with Crippen LogP contribution in [0.5, 0.6) is 0 Å². The molecule has 0 bridgehead atoms. The molecule has 3 rings (SSSR count). The summed E-state index contributed by atoms with van der Waals surface area (Å²) < 4.78 is 18.0. The normalized spacial score (nSPS) is 38.4. The van der Waals surface area contributed by atoms with E-state index in [-0.39, 0.29) is 45.0 Å². The summed E-state index contributed by atoms with van der Waals surface area (Å²) in [6, 6.07) is -3.11. The van der Waals surface area contributed by atoms with Gasteiger partial charge in [0.15, 0.2) is 12.2 Å². The fourth-order valence-electron chi connectivity index (χ4n) is 6.11. The Morgan fingerprint density at radius 2 is 1.93 bits per heavy atom. The molecule has 0 aromatic heterocycles. The second kappa shape index (κ2) is 16.6. The van der Waals surface area contributed by atoms with Crippen molar-refractivity contribution in [1.29, 1.82) is 0 Å². The van der Waals surface area contributed by atoms with Crippen LogP contribution in [0, 0.1) is 5.92 Å². The van der Waals surface area contributed by atoms with Crippen LogP contribution in [0.15, 0.2) is 16.8 Å². The quantitative estimate of drug-likeness (QED) is 0.0615. The number of nitrogens with one attached hydrogen (secondary N) is 3. The van der Waals surface area contributed by atoms with E-state index in [0.29, 0.717) is 12.2 Å². The molecule has 17 N–H and O–H groups in total. The molecule has 0 spiro atoms. The molecule has 0 aromatic rings. The van der Waals surface area contributed by atoms with E-state index in [0.717, 1.165) is 0 Å². The van der Waals surface area contributed by atoms with Crippen LogP contribution in [0.1, 0.15) is 26.2 Å². The Labute approximate surface area is 262 Å². The van der Waals surface area contributed by atoms with Crippen LogP contribution in [0.25, 0.3) is 0 Å². The maximum atomic E-state index is 13.0.